The van der Waals surface area contributed by atoms with Gasteiger partial charge in [-0.15, -0.1) is 11.3 Å². The molecule has 96 valence electrons. The van der Waals surface area contributed by atoms with Crippen molar-refractivity contribution in [1.82, 2.24) is 9.88 Å². The van der Waals surface area contributed by atoms with Crippen LogP contribution in [0.5, 0.6) is 0 Å². The minimum absolute atomic E-state index is 0.142. The van der Waals surface area contributed by atoms with Gasteiger partial charge in [0.2, 0.25) is 0 Å². The number of hydrogen-bond donors (Lipinski definition) is 1. The van der Waals surface area contributed by atoms with Gasteiger partial charge in [-0.1, -0.05) is 11.6 Å². The van der Waals surface area contributed by atoms with Crippen LogP contribution in [0.2, 0.25) is 4.34 Å². The van der Waals surface area contributed by atoms with Crippen molar-refractivity contribution in [2.24, 2.45) is 5.73 Å². The molecule has 1 saturated heterocycles. The number of methoxy groups -OCH3 is 1. The molecule has 0 aliphatic carbocycles. The quantitative estimate of drug-likeness (QED) is 0.912. The molecule has 2 rings (SSSR count). The molecule has 2 N–H and O–H groups in total. The summed E-state index contributed by atoms with van der Waals surface area (Å²) in [7, 11) is 1.72. The summed E-state index contributed by atoms with van der Waals surface area (Å²) >= 11 is 7.48. The Labute approximate surface area is 111 Å². The van der Waals surface area contributed by atoms with Crippen molar-refractivity contribution in [3.8, 4) is 0 Å². The number of likely N-dealkylation sites (tertiary alicyclic amines) is 1. The van der Waals surface area contributed by atoms with E-state index in [1.807, 2.05) is 0 Å². The SMILES string of the molecule is COCCN1CCCC(N)C1c1ncc(Cl)s1. The highest BCUT2D eigenvalue weighted by atomic mass is 35.5. The Morgan fingerprint density at radius 1 is 1.71 bits per heavy atom. The maximum Gasteiger partial charge on any atom is 0.113 e. The second-order valence-electron chi connectivity index (χ2n) is 4.28. The van der Waals surface area contributed by atoms with E-state index in [0.717, 1.165) is 41.9 Å². The largest absolute Gasteiger partial charge is 0.383 e. The van der Waals surface area contributed by atoms with E-state index in [-0.39, 0.29) is 12.1 Å². The number of aromatic nitrogens is 1. The first-order valence-electron chi connectivity index (χ1n) is 5.82. The Hall–Kier alpha value is -0.200. The van der Waals surface area contributed by atoms with Crippen molar-refractivity contribution < 1.29 is 4.74 Å². The molecular weight excluding hydrogens is 258 g/mol. The lowest BCUT2D eigenvalue weighted by Gasteiger charge is -2.38. The zero-order valence-corrected chi connectivity index (χ0v) is 11.5. The average Bonchev–Trinajstić information content (AvgIpc) is 2.73. The average molecular weight is 276 g/mol. The first-order chi connectivity index (χ1) is 8.22. The number of nitrogens with zero attached hydrogens (tertiary/aromatic N) is 2. The van der Waals surface area contributed by atoms with Gasteiger partial charge in [-0.05, 0) is 19.4 Å². The van der Waals surface area contributed by atoms with Gasteiger partial charge >= 0.3 is 0 Å². The molecule has 2 unspecified atom stereocenters. The Morgan fingerprint density at radius 3 is 3.18 bits per heavy atom. The zero-order chi connectivity index (χ0) is 12.3. The van der Waals surface area contributed by atoms with Crippen LogP contribution in [0.3, 0.4) is 0 Å². The van der Waals surface area contributed by atoms with E-state index >= 15 is 0 Å². The van der Waals surface area contributed by atoms with Gasteiger partial charge in [0.15, 0.2) is 0 Å². The summed E-state index contributed by atoms with van der Waals surface area (Å²) in [5.74, 6) is 0. The minimum atomic E-state index is 0.142. The number of ether oxygens (including phenoxy) is 1. The molecule has 2 atom stereocenters. The first-order valence-corrected chi connectivity index (χ1v) is 7.01. The van der Waals surface area contributed by atoms with E-state index in [4.69, 9.17) is 22.1 Å². The molecule has 0 radical (unpaired) electrons. The van der Waals surface area contributed by atoms with E-state index in [0.29, 0.717) is 0 Å². The van der Waals surface area contributed by atoms with Crippen LogP contribution >= 0.6 is 22.9 Å². The van der Waals surface area contributed by atoms with Gasteiger partial charge in [0, 0.05) is 19.7 Å². The molecule has 0 spiro atoms. The lowest BCUT2D eigenvalue weighted by molar-refractivity contribution is 0.0847. The Bertz CT molecular complexity index is 360. The van der Waals surface area contributed by atoms with Crippen LogP contribution in [-0.2, 0) is 4.74 Å². The predicted octanol–water partition coefficient (Wildman–Crippen LogP) is 1.91. The third-order valence-corrected chi connectivity index (χ3v) is 4.30. The van der Waals surface area contributed by atoms with Crippen LogP contribution in [0.4, 0.5) is 0 Å². The minimum Gasteiger partial charge on any atom is -0.383 e. The van der Waals surface area contributed by atoms with Crippen molar-refractivity contribution in [3.63, 3.8) is 0 Å². The number of thiazole rings is 1. The highest BCUT2D eigenvalue weighted by Gasteiger charge is 2.32. The van der Waals surface area contributed by atoms with Crippen LogP contribution in [0.15, 0.2) is 6.20 Å². The van der Waals surface area contributed by atoms with Crippen molar-refractivity contribution in [1.29, 1.82) is 0 Å². The molecule has 1 aromatic rings. The van der Waals surface area contributed by atoms with Crippen molar-refractivity contribution >= 4 is 22.9 Å². The van der Waals surface area contributed by atoms with Gasteiger partial charge in [-0.3, -0.25) is 4.90 Å². The van der Waals surface area contributed by atoms with Crippen LogP contribution in [0.1, 0.15) is 23.9 Å². The fraction of sp³-hybridized carbons (Fsp3) is 0.727. The van der Waals surface area contributed by atoms with Gasteiger partial charge in [-0.25, -0.2) is 4.98 Å². The molecule has 6 heteroatoms. The molecule has 17 heavy (non-hydrogen) atoms. The van der Waals surface area contributed by atoms with E-state index in [1.165, 1.54) is 11.3 Å². The molecule has 1 fully saturated rings. The van der Waals surface area contributed by atoms with Crippen LogP contribution in [0, 0.1) is 0 Å². The van der Waals surface area contributed by atoms with Crippen LogP contribution in [0.25, 0.3) is 0 Å². The van der Waals surface area contributed by atoms with E-state index < -0.39 is 0 Å². The van der Waals surface area contributed by atoms with Gasteiger partial charge in [0.1, 0.15) is 9.34 Å². The molecule has 1 aliphatic rings. The zero-order valence-electron chi connectivity index (χ0n) is 9.93. The number of piperidine rings is 1. The lowest BCUT2D eigenvalue weighted by Crippen LogP contribution is -2.46. The molecule has 2 heterocycles. The molecule has 0 aromatic carbocycles. The van der Waals surface area contributed by atoms with Crippen molar-refractivity contribution in [2.45, 2.75) is 24.9 Å². The molecule has 1 aliphatic heterocycles. The molecular formula is C11H18ClN3OS. The summed E-state index contributed by atoms with van der Waals surface area (Å²) in [6.45, 7) is 2.67. The summed E-state index contributed by atoms with van der Waals surface area (Å²) in [6.07, 6.45) is 3.89. The monoisotopic (exact) mass is 275 g/mol. The molecule has 0 bridgehead atoms. The number of rotatable bonds is 4. The number of hydrogen-bond acceptors (Lipinski definition) is 5. The standard InChI is InChI=1S/C11H18ClN3OS/c1-16-6-5-15-4-2-3-8(13)10(15)11-14-7-9(12)17-11/h7-8,10H,2-6,13H2,1H3. The second-order valence-corrected chi connectivity index (χ2v) is 5.98. The Balaban J connectivity index is 2.12. The first kappa shape index (κ1) is 13.2. The molecule has 4 nitrogen and oxygen atoms in total. The van der Waals surface area contributed by atoms with Gasteiger partial charge < -0.3 is 10.5 Å². The summed E-state index contributed by atoms with van der Waals surface area (Å²) in [5, 5.41) is 1.03. The highest BCUT2D eigenvalue weighted by Crippen LogP contribution is 2.33. The second kappa shape index (κ2) is 6.11. The van der Waals surface area contributed by atoms with Crippen LogP contribution in [-0.4, -0.2) is 42.7 Å². The maximum absolute atomic E-state index is 6.22. The molecule has 0 amide bonds. The van der Waals surface area contributed by atoms with Crippen LogP contribution < -0.4 is 5.73 Å². The van der Waals surface area contributed by atoms with Gasteiger partial charge in [0.25, 0.3) is 0 Å². The highest BCUT2D eigenvalue weighted by molar-refractivity contribution is 7.15. The van der Waals surface area contributed by atoms with E-state index in [1.54, 1.807) is 13.3 Å². The summed E-state index contributed by atoms with van der Waals surface area (Å²) < 4.78 is 5.87. The van der Waals surface area contributed by atoms with E-state index in [9.17, 15) is 0 Å². The summed E-state index contributed by atoms with van der Waals surface area (Å²) in [5.41, 5.74) is 6.22. The number of halogens is 1. The third kappa shape index (κ3) is 3.17. The van der Waals surface area contributed by atoms with Crippen molar-refractivity contribution in [2.75, 3.05) is 26.8 Å². The molecule has 0 saturated carbocycles. The third-order valence-electron chi connectivity index (χ3n) is 3.11. The topological polar surface area (TPSA) is 51.4 Å². The lowest BCUT2D eigenvalue weighted by atomic mass is 9.97. The Morgan fingerprint density at radius 2 is 2.53 bits per heavy atom. The predicted molar refractivity (Wildman–Crippen MR) is 70.5 cm³/mol. The number of nitrogens with two attached hydrogens (primary N) is 1. The fourth-order valence-corrected chi connectivity index (χ4v) is 3.44. The van der Waals surface area contributed by atoms with Gasteiger partial charge in [-0.2, -0.15) is 0 Å². The molecule has 1 aromatic heterocycles. The fourth-order valence-electron chi connectivity index (χ4n) is 2.30. The smallest absolute Gasteiger partial charge is 0.113 e. The Kier molecular flexibility index (Phi) is 4.76. The van der Waals surface area contributed by atoms with Crippen molar-refractivity contribution in [3.05, 3.63) is 15.5 Å². The summed E-state index contributed by atoms with van der Waals surface area (Å²) in [4.78, 5) is 6.73. The maximum atomic E-state index is 6.22. The summed E-state index contributed by atoms with van der Waals surface area (Å²) in [6, 6.07) is 0.333. The van der Waals surface area contributed by atoms with E-state index in [2.05, 4.69) is 9.88 Å². The normalized spacial score (nSPS) is 26.3. The van der Waals surface area contributed by atoms with Gasteiger partial charge in [0.05, 0.1) is 18.8 Å².